The molecule has 1 amide bonds. The van der Waals surface area contributed by atoms with Gasteiger partial charge in [0.1, 0.15) is 0 Å². The molecule has 1 heterocycles. The molecule has 1 aromatic rings. The lowest BCUT2D eigenvalue weighted by atomic mass is 10.1. The average Bonchev–Trinajstić information content (AvgIpc) is 2.24. The molecule has 2 nitrogen and oxygen atoms in total. The molecule has 1 aromatic carbocycles. The molecule has 0 unspecified atom stereocenters. The maximum atomic E-state index is 12.6. The van der Waals surface area contributed by atoms with E-state index in [0.29, 0.717) is 6.42 Å². The number of aryl methyl sites for hydroxylation is 2. The van der Waals surface area contributed by atoms with Gasteiger partial charge in [-0.2, -0.15) is 0 Å². The van der Waals surface area contributed by atoms with Crippen LogP contribution in [-0.4, -0.2) is 29.8 Å². The third-order valence-electron chi connectivity index (χ3n) is 3.01. The molecule has 18 heavy (non-hydrogen) atoms. The van der Waals surface area contributed by atoms with Gasteiger partial charge in [0.2, 0.25) is 5.91 Å². The van der Waals surface area contributed by atoms with Crippen molar-refractivity contribution in [2.45, 2.75) is 25.7 Å². The van der Waals surface area contributed by atoms with E-state index in [1.54, 1.807) is 0 Å². The van der Waals surface area contributed by atoms with Crippen molar-refractivity contribution in [2.75, 3.05) is 13.1 Å². The second kappa shape index (κ2) is 4.96. The van der Waals surface area contributed by atoms with E-state index >= 15 is 0 Å². The monoisotopic (exact) mass is 317 g/mol. The Hall–Kier alpha value is -0.970. The van der Waals surface area contributed by atoms with E-state index in [1.807, 2.05) is 25.1 Å². The Labute approximate surface area is 113 Å². The first-order chi connectivity index (χ1) is 8.37. The summed E-state index contributed by atoms with van der Waals surface area (Å²) in [6.07, 6.45) is 0.847. The van der Waals surface area contributed by atoms with E-state index in [2.05, 4.69) is 15.9 Å². The normalized spacial score (nSPS) is 17.4. The molecule has 5 heteroatoms. The Kier molecular flexibility index (Phi) is 3.71. The minimum absolute atomic E-state index is 0.201. The number of likely N-dealkylation sites (tertiary alicyclic amines) is 1. The van der Waals surface area contributed by atoms with Crippen LogP contribution in [0.4, 0.5) is 8.78 Å². The highest BCUT2D eigenvalue weighted by atomic mass is 79.9. The first-order valence-corrected chi connectivity index (χ1v) is 6.57. The molecule has 1 fully saturated rings. The number of hydrogen-bond donors (Lipinski definition) is 0. The molecule has 0 aliphatic carbocycles. The van der Waals surface area contributed by atoms with Gasteiger partial charge < -0.3 is 4.90 Å². The van der Waals surface area contributed by atoms with Crippen LogP contribution in [0.3, 0.4) is 0 Å². The predicted octanol–water partition coefficient (Wildman–Crippen LogP) is 3.17. The maximum Gasteiger partial charge on any atom is 0.282 e. The molecular weight excluding hydrogens is 304 g/mol. The van der Waals surface area contributed by atoms with Crippen LogP contribution in [-0.2, 0) is 11.2 Å². The van der Waals surface area contributed by atoms with Gasteiger partial charge in [0, 0.05) is 10.9 Å². The second-order valence-electron chi connectivity index (χ2n) is 4.70. The molecule has 98 valence electrons. The van der Waals surface area contributed by atoms with Gasteiger partial charge in [-0.15, -0.1) is 0 Å². The highest BCUT2D eigenvalue weighted by molar-refractivity contribution is 9.10. The van der Waals surface area contributed by atoms with Gasteiger partial charge in [0.15, 0.2) is 0 Å². The lowest BCUT2D eigenvalue weighted by Gasteiger charge is -2.38. The number of amides is 1. The Balaban J connectivity index is 1.86. The lowest BCUT2D eigenvalue weighted by Crippen LogP contribution is -2.58. The van der Waals surface area contributed by atoms with Crippen molar-refractivity contribution in [1.82, 2.24) is 4.90 Å². The summed E-state index contributed by atoms with van der Waals surface area (Å²) in [7, 11) is 0. The van der Waals surface area contributed by atoms with Crippen LogP contribution in [0.25, 0.3) is 0 Å². The Bertz CT molecular complexity index is 468. The van der Waals surface area contributed by atoms with Crippen LogP contribution in [0.2, 0.25) is 0 Å². The largest absolute Gasteiger partial charge is 0.330 e. The zero-order valence-electron chi connectivity index (χ0n) is 10.0. The fourth-order valence-corrected chi connectivity index (χ4v) is 2.63. The SMILES string of the molecule is Cc1ccc(CCC(=O)N2CC(F)(F)C2)c(Br)c1. The van der Waals surface area contributed by atoms with Crippen molar-refractivity contribution < 1.29 is 13.6 Å². The summed E-state index contributed by atoms with van der Waals surface area (Å²) in [5, 5.41) is 0. The van der Waals surface area contributed by atoms with Crippen LogP contribution in [0.5, 0.6) is 0 Å². The zero-order valence-corrected chi connectivity index (χ0v) is 11.6. The number of nitrogens with zero attached hydrogens (tertiary/aromatic N) is 1. The predicted molar refractivity (Wildman–Crippen MR) is 68.7 cm³/mol. The van der Waals surface area contributed by atoms with Gasteiger partial charge in [-0.25, -0.2) is 8.78 Å². The topological polar surface area (TPSA) is 20.3 Å². The van der Waals surface area contributed by atoms with Gasteiger partial charge in [0.25, 0.3) is 5.92 Å². The molecule has 0 aromatic heterocycles. The second-order valence-corrected chi connectivity index (χ2v) is 5.55. The summed E-state index contributed by atoms with van der Waals surface area (Å²) in [5.41, 5.74) is 2.17. The summed E-state index contributed by atoms with van der Waals surface area (Å²) < 4.78 is 26.2. The van der Waals surface area contributed by atoms with Crippen molar-refractivity contribution in [3.8, 4) is 0 Å². The Morgan fingerprint density at radius 3 is 2.67 bits per heavy atom. The highest BCUT2D eigenvalue weighted by Gasteiger charge is 2.45. The number of carbonyl (C=O) groups is 1. The molecule has 0 saturated carbocycles. The molecule has 1 saturated heterocycles. The van der Waals surface area contributed by atoms with Crippen molar-refractivity contribution in [3.05, 3.63) is 33.8 Å². The van der Waals surface area contributed by atoms with Crippen LogP contribution in [0.15, 0.2) is 22.7 Å². The maximum absolute atomic E-state index is 12.6. The molecule has 0 atom stereocenters. The molecule has 0 N–H and O–H groups in total. The van der Waals surface area contributed by atoms with E-state index in [-0.39, 0.29) is 12.3 Å². The van der Waals surface area contributed by atoms with Crippen LogP contribution in [0.1, 0.15) is 17.5 Å². The van der Waals surface area contributed by atoms with E-state index in [4.69, 9.17) is 0 Å². The van der Waals surface area contributed by atoms with Crippen molar-refractivity contribution in [3.63, 3.8) is 0 Å². The molecule has 1 aliphatic heterocycles. The minimum Gasteiger partial charge on any atom is -0.330 e. The Morgan fingerprint density at radius 1 is 1.44 bits per heavy atom. The number of rotatable bonds is 3. The molecule has 1 aliphatic rings. The number of carbonyl (C=O) groups excluding carboxylic acids is 1. The molecule has 2 rings (SSSR count). The summed E-state index contributed by atoms with van der Waals surface area (Å²) in [5.74, 6) is -2.88. The van der Waals surface area contributed by atoms with Gasteiger partial charge in [-0.1, -0.05) is 28.1 Å². The van der Waals surface area contributed by atoms with Gasteiger partial charge in [-0.05, 0) is 30.5 Å². The molecular formula is C13H14BrF2NO. The number of hydrogen-bond acceptors (Lipinski definition) is 1. The quantitative estimate of drug-likeness (QED) is 0.838. The van der Waals surface area contributed by atoms with Crippen LogP contribution < -0.4 is 0 Å². The summed E-state index contributed by atoms with van der Waals surface area (Å²) in [6.45, 7) is 1.13. The standard InChI is InChI=1S/C13H14BrF2NO/c1-9-2-3-10(11(14)6-9)4-5-12(18)17-7-13(15,16)8-17/h2-3,6H,4-5,7-8H2,1H3. The first kappa shape index (κ1) is 13.5. The van der Waals surface area contributed by atoms with Gasteiger partial charge >= 0.3 is 0 Å². The summed E-state index contributed by atoms with van der Waals surface area (Å²) in [4.78, 5) is 12.9. The third kappa shape index (κ3) is 3.07. The minimum atomic E-state index is -2.68. The van der Waals surface area contributed by atoms with E-state index in [9.17, 15) is 13.6 Å². The average molecular weight is 318 g/mol. The zero-order chi connectivity index (χ0) is 13.3. The molecule has 0 spiro atoms. The van der Waals surface area contributed by atoms with Gasteiger partial charge in [0.05, 0.1) is 13.1 Å². The molecule has 0 radical (unpaired) electrons. The van der Waals surface area contributed by atoms with Crippen molar-refractivity contribution in [1.29, 1.82) is 0 Å². The van der Waals surface area contributed by atoms with E-state index in [0.717, 1.165) is 15.6 Å². The van der Waals surface area contributed by atoms with Crippen LogP contribution in [0, 0.1) is 6.92 Å². The fourth-order valence-electron chi connectivity index (χ4n) is 1.94. The third-order valence-corrected chi connectivity index (χ3v) is 3.75. The number of benzene rings is 1. The summed E-state index contributed by atoms with van der Waals surface area (Å²) >= 11 is 3.44. The van der Waals surface area contributed by atoms with Crippen LogP contribution >= 0.6 is 15.9 Å². The Morgan fingerprint density at radius 2 is 2.11 bits per heavy atom. The first-order valence-electron chi connectivity index (χ1n) is 5.78. The van der Waals surface area contributed by atoms with E-state index in [1.165, 1.54) is 4.90 Å². The highest BCUT2D eigenvalue weighted by Crippen LogP contribution is 2.27. The summed E-state index contributed by atoms with van der Waals surface area (Å²) in [6, 6.07) is 5.91. The smallest absolute Gasteiger partial charge is 0.282 e. The number of alkyl halides is 2. The fraction of sp³-hybridized carbons (Fsp3) is 0.462. The van der Waals surface area contributed by atoms with Gasteiger partial charge in [-0.3, -0.25) is 4.79 Å². The number of halogens is 3. The molecule has 0 bridgehead atoms. The van der Waals surface area contributed by atoms with Crippen molar-refractivity contribution in [2.24, 2.45) is 0 Å². The van der Waals surface area contributed by atoms with E-state index < -0.39 is 19.0 Å². The lowest BCUT2D eigenvalue weighted by molar-refractivity contribution is -0.165. The van der Waals surface area contributed by atoms with Crippen molar-refractivity contribution >= 4 is 21.8 Å².